The highest BCUT2D eigenvalue weighted by Crippen LogP contribution is 2.32. The van der Waals surface area contributed by atoms with Crippen LogP contribution in [0.5, 0.6) is 0 Å². The predicted molar refractivity (Wildman–Crippen MR) is 150 cm³/mol. The maximum Gasteiger partial charge on any atom is 0.123 e. The molecule has 0 saturated carbocycles. The van der Waals surface area contributed by atoms with Crippen molar-refractivity contribution in [2.75, 3.05) is 0 Å². The van der Waals surface area contributed by atoms with Crippen LogP contribution in [0.25, 0.3) is 68.6 Å². The van der Waals surface area contributed by atoms with E-state index in [-0.39, 0.29) is 11.6 Å². The first-order chi connectivity index (χ1) is 18.6. The van der Waals surface area contributed by atoms with E-state index >= 15 is 0 Å². The van der Waals surface area contributed by atoms with Gasteiger partial charge in [0, 0.05) is 33.2 Å². The number of benzene rings is 2. The Hall–Kier alpha value is -5.10. The van der Waals surface area contributed by atoms with Crippen LogP contribution in [0.4, 0.5) is 8.78 Å². The number of nitrogens with one attached hydrogen (secondary N) is 2. The first-order valence-electron chi connectivity index (χ1n) is 12.2. The molecule has 7 rings (SSSR count). The van der Waals surface area contributed by atoms with Gasteiger partial charge in [-0.2, -0.15) is 0 Å². The molecule has 0 saturated heterocycles. The Morgan fingerprint density at radius 1 is 0.474 bits per heavy atom. The fourth-order valence-electron chi connectivity index (χ4n) is 4.91. The molecular weight excluding hydrogens is 478 g/mol. The zero-order chi connectivity index (χ0) is 25.6. The Balaban J connectivity index is 1.56. The topological polar surface area (TPSA) is 57.4 Å². The summed E-state index contributed by atoms with van der Waals surface area (Å²) >= 11 is 0. The summed E-state index contributed by atoms with van der Waals surface area (Å²) in [6.45, 7) is 0. The molecule has 4 nitrogen and oxygen atoms in total. The first-order valence-corrected chi connectivity index (χ1v) is 12.2. The highest BCUT2D eigenvalue weighted by Gasteiger charge is 2.14. The van der Waals surface area contributed by atoms with Gasteiger partial charge in [-0.25, -0.2) is 18.7 Å². The van der Waals surface area contributed by atoms with Crippen molar-refractivity contribution in [3.8, 4) is 22.3 Å². The van der Waals surface area contributed by atoms with Gasteiger partial charge >= 0.3 is 0 Å². The van der Waals surface area contributed by atoms with Gasteiger partial charge in [-0.1, -0.05) is 24.3 Å². The molecule has 5 heterocycles. The van der Waals surface area contributed by atoms with Crippen molar-refractivity contribution in [1.29, 1.82) is 0 Å². The average Bonchev–Trinajstić information content (AvgIpc) is 3.72. The number of rotatable bonds is 2. The molecule has 2 aromatic carbocycles. The lowest BCUT2D eigenvalue weighted by Crippen LogP contribution is -1.89. The minimum Gasteiger partial charge on any atom is -0.355 e. The van der Waals surface area contributed by atoms with E-state index in [4.69, 9.17) is 9.97 Å². The van der Waals surface area contributed by atoms with Crippen LogP contribution in [0.15, 0.2) is 84.9 Å². The molecule has 0 spiro atoms. The lowest BCUT2D eigenvalue weighted by molar-refractivity contribution is 0.627. The Bertz CT molecular complexity index is 1830. The SMILES string of the molecule is Fc1ccc(-c2c3nc(cc4ccc([nH]4)c(-c4ccc(F)cc4)c4ccc(cc5nc2C=C5)[nH]4)C=C3)cc1. The minimum absolute atomic E-state index is 0.281. The second-order valence-corrected chi connectivity index (χ2v) is 9.22. The number of aromatic amines is 2. The first kappa shape index (κ1) is 22.1. The molecule has 0 atom stereocenters. The van der Waals surface area contributed by atoms with E-state index in [1.807, 2.05) is 60.7 Å². The normalized spacial score (nSPS) is 12.3. The van der Waals surface area contributed by atoms with Crippen molar-refractivity contribution in [3.63, 3.8) is 0 Å². The molecule has 0 unspecified atom stereocenters. The average molecular weight is 499 g/mol. The maximum atomic E-state index is 13.7. The Morgan fingerprint density at radius 3 is 1.39 bits per heavy atom. The lowest BCUT2D eigenvalue weighted by atomic mass is 10.0. The van der Waals surface area contributed by atoms with Crippen LogP contribution in [0.1, 0.15) is 22.8 Å². The van der Waals surface area contributed by atoms with E-state index < -0.39 is 0 Å². The van der Waals surface area contributed by atoms with Gasteiger partial charge in [-0.05, 0) is 96.1 Å². The summed E-state index contributed by atoms with van der Waals surface area (Å²) in [6.07, 6.45) is 7.82. The van der Waals surface area contributed by atoms with Crippen molar-refractivity contribution >= 4 is 46.4 Å². The van der Waals surface area contributed by atoms with Crippen molar-refractivity contribution in [1.82, 2.24) is 19.9 Å². The molecule has 0 amide bonds. The number of hydrogen-bond donors (Lipinski definition) is 2. The zero-order valence-corrected chi connectivity index (χ0v) is 20.0. The molecule has 2 N–H and O–H groups in total. The lowest BCUT2D eigenvalue weighted by Gasteiger charge is -2.04. The highest BCUT2D eigenvalue weighted by molar-refractivity contribution is 5.94. The third kappa shape index (κ3) is 4.02. The number of aromatic nitrogens is 4. The van der Waals surface area contributed by atoms with Gasteiger partial charge in [-0.15, -0.1) is 0 Å². The fourth-order valence-corrected chi connectivity index (χ4v) is 4.91. The summed E-state index contributed by atoms with van der Waals surface area (Å²) < 4.78 is 27.4. The maximum absolute atomic E-state index is 13.7. The van der Waals surface area contributed by atoms with Crippen molar-refractivity contribution in [2.24, 2.45) is 0 Å². The largest absolute Gasteiger partial charge is 0.355 e. The predicted octanol–water partition coefficient (Wildman–Crippen LogP) is 8.27. The van der Waals surface area contributed by atoms with Gasteiger partial charge in [0.2, 0.25) is 0 Å². The molecule has 182 valence electrons. The number of fused-ring (bicyclic) bond motifs is 8. The van der Waals surface area contributed by atoms with Crippen LogP contribution in [0.3, 0.4) is 0 Å². The molecular formula is C32H20F2N4. The van der Waals surface area contributed by atoms with Crippen molar-refractivity contribution < 1.29 is 8.78 Å². The quantitative estimate of drug-likeness (QED) is 0.252. The van der Waals surface area contributed by atoms with E-state index in [2.05, 4.69) is 9.97 Å². The Kier molecular flexibility index (Phi) is 5.11. The van der Waals surface area contributed by atoms with Gasteiger partial charge < -0.3 is 9.97 Å². The van der Waals surface area contributed by atoms with Crippen molar-refractivity contribution in [3.05, 3.63) is 119 Å². The van der Waals surface area contributed by atoms with Crippen molar-refractivity contribution in [2.45, 2.75) is 0 Å². The van der Waals surface area contributed by atoms with Gasteiger partial charge in [-0.3, -0.25) is 0 Å². The molecule has 5 aromatic rings. The van der Waals surface area contributed by atoms with E-state index in [1.54, 1.807) is 24.3 Å². The van der Waals surface area contributed by atoms with Crippen LogP contribution in [0.2, 0.25) is 0 Å². The number of hydrogen-bond acceptors (Lipinski definition) is 2. The molecule has 8 bridgehead atoms. The standard InChI is InChI=1S/C32H20F2N4/c33-21-5-1-19(2-6-21)31-27-13-9-23(35-27)17-25-11-15-29(37-25)32(20-3-7-22(34)8-4-20)30-16-12-26(38-30)18-24-10-14-28(31)36-24/h1-18,35-36H. The summed E-state index contributed by atoms with van der Waals surface area (Å²) in [5.41, 5.74) is 10.1. The zero-order valence-electron chi connectivity index (χ0n) is 20.0. The molecule has 6 heteroatoms. The van der Waals surface area contributed by atoms with Gasteiger partial charge in [0.05, 0.1) is 22.8 Å². The molecule has 2 aliphatic rings. The third-order valence-corrected chi connectivity index (χ3v) is 6.66. The van der Waals surface area contributed by atoms with E-state index in [0.29, 0.717) is 0 Å². The Labute approximate surface area is 216 Å². The molecule has 0 radical (unpaired) electrons. The number of nitrogens with zero attached hydrogens (tertiary/aromatic N) is 2. The summed E-state index contributed by atoms with van der Waals surface area (Å²) in [4.78, 5) is 16.7. The summed E-state index contributed by atoms with van der Waals surface area (Å²) in [7, 11) is 0. The second kappa shape index (κ2) is 8.78. The summed E-state index contributed by atoms with van der Waals surface area (Å²) in [6, 6.07) is 24.8. The molecule has 3 aromatic heterocycles. The van der Waals surface area contributed by atoms with E-state index in [9.17, 15) is 8.78 Å². The van der Waals surface area contributed by atoms with E-state index in [1.165, 1.54) is 24.3 Å². The van der Waals surface area contributed by atoms with Crippen LogP contribution in [-0.2, 0) is 0 Å². The number of halogens is 2. The van der Waals surface area contributed by atoms with Crippen LogP contribution < -0.4 is 0 Å². The van der Waals surface area contributed by atoms with Crippen LogP contribution >= 0.6 is 0 Å². The summed E-state index contributed by atoms with van der Waals surface area (Å²) in [5.74, 6) is -0.574. The molecule has 2 aliphatic heterocycles. The Morgan fingerprint density at radius 2 is 0.921 bits per heavy atom. The molecule has 38 heavy (non-hydrogen) atoms. The second-order valence-electron chi connectivity index (χ2n) is 9.22. The van der Waals surface area contributed by atoms with Crippen LogP contribution in [-0.4, -0.2) is 19.9 Å². The highest BCUT2D eigenvalue weighted by atomic mass is 19.1. The number of H-pyrrole nitrogens is 2. The van der Waals surface area contributed by atoms with Gasteiger partial charge in [0.1, 0.15) is 11.6 Å². The molecule has 0 fully saturated rings. The third-order valence-electron chi connectivity index (χ3n) is 6.66. The van der Waals surface area contributed by atoms with E-state index in [0.717, 1.165) is 67.1 Å². The summed E-state index contributed by atoms with van der Waals surface area (Å²) in [5, 5.41) is 0. The van der Waals surface area contributed by atoms with Gasteiger partial charge in [0.15, 0.2) is 0 Å². The fraction of sp³-hybridized carbons (Fsp3) is 0. The monoisotopic (exact) mass is 498 g/mol. The molecule has 0 aliphatic carbocycles. The smallest absolute Gasteiger partial charge is 0.123 e. The van der Waals surface area contributed by atoms with Gasteiger partial charge in [0.25, 0.3) is 0 Å². The van der Waals surface area contributed by atoms with Crippen LogP contribution in [0, 0.1) is 11.6 Å². The minimum atomic E-state index is -0.293.